The molecule has 0 bridgehead atoms. The minimum Gasteiger partial charge on any atom is -0.394 e. The Morgan fingerprint density at radius 2 is 1.62 bits per heavy atom. The molecule has 0 spiro atoms. The van der Waals surface area contributed by atoms with E-state index in [9.17, 15) is 4.79 Å². The van der Waals surface area contributed by atoms with Crippen LogP contribution in [0.2, 0.25) is 0 Å². The summed E-state index contributed by atoms with van der Waals surface area (Å²) in [6.07, 6.45) is 0. The van der Waals surface area contributed by atoms with Gasteiger partial charge in [0.2, 0.25) is 5.91 Å². The Morgan fingerprint density at radius 1 is 1.50 bits per heavy atom. The highest BCUT2D eigenvalue weighted by Gasteiger charge is 1.61. The van der Waals surface area contributed by atoms with Crippen molar-refractivity contribution >= 4 is 5.91 Å². The van der Waals surface area contributed by atoms with Crippen molar-refractivity contribution in [2.75, 3.05) is 13.2 Å². The molecule has 0 aliphatic heterocycles. The zero-order valence-corrected chi connectivity index (χ0v) is 4.79. The lowest BCUT2D eigenvalue weighted by Gasteiger charge is -1.70. The second-order valence-corrected chi connectivity index (χ2v) is 1.06. The van der Waals surface area contributed by atoms with Crippen LogP contribution in [-0.4, -0.2) is 29.3 Å². The molecule has 50 valence electrons. The van der Waals surface area contributed by atoms with Gasteiger partial charge < -0.3 is 15.9 Å². The molecular weight excluding hydrogens is 110 g/mol. The van der Waals surface area contributed by atoms with E-state index in [2.05, 4.69) is 5.73 Å². The van der Waals surface area contributed by atoms with Gasteiger partial charge in [0, 0.05) is 6.92 Å². The van der Waals surface area contributed by atoms with Crippen molar-refractivity contribution in [3.05, 3.63) is 0 Å². The highest BCUT2D eigenvalue weighted by Crippen LogP contribution is 1.39. The Labute approximate surface area is 47.9 Å². The lowest BCUT2D eigenvalue weighted by atomic mass is 10.8. The van der Waals surface area contributed by atoms with E-state index in [1.807, 2.05) is 0 Å². The summed E-state index contributed by atoms with van der Waals surface area (Å²) in [6, 6.07) is 0. The number of aliphatic hydroxyl groups is 2. The molecular formula is C4H11NO3. The van der Waals surface area contributed by atoms with E-state index in [-0.39, 0.29) is 19.1 Å². The predicted octanol–water partition coefficient (Wildman–Crippen LogP) is -1.54. The van der Waals surface area contributed by atoms with Crippen LogP contribution in [0.5, 0.6) is 0 Å². The summed E-state index contributed by atoms with van der Waals surface area (Å²) in [4.78, 5) is 9.22. The van der Waals surface area contributed by atoms with E-state index in [0.29, 0.717) is 0 Å². The van der Waals surface area contributed by atoms with Crippen LogP contribution in [0.1, 0.15) is 6.92 Å². The van der Waals surface area contributed by atoms with Crippen molar-refractivity contribution in [2.45, 2.75) is 6.92 Å². The van der Waals surface area contributed by atoms with Crippen LogP contribution in [0.4, 0.5) is 0 Å². The summed E-state index contributed by atoms with van der Waals surface area (Å²) < 4.78 is 0. The zero-order chi connectivity index (χ0) is 6.99. The van der Waals surface area contributed by atoms with Gasteiger partial charge in [-0.1, -0.05) is 0 Å². The fourth-order valence-electron chi connectivity index (χ4n) is 0. The van der Waals surface area contributed by atoms with Gasteiger partial charge in [-0.15, -0.1) is 0 Å². The van der Waals surface area contributed by atoms with Gasteiger partial charge in [-0.2, -0.15) is 0 Å². The molecule has 0 rings (SSSR count). The fraction of sp³-hybridized carbons (Fsp3) is 0.750. The van der Waals surface area contributed by atoms with E-state index in [1.165, 1.54) is 6.92 Å². The Hall–Kier alpha value is -0.610. The van der Waals surface area contributed by atoms with Gasteiger partial charge in [-0.05, 0) is 0 Å². The van der Waals surface area contributed by atoms with Crippen molar-refractivity contribution in [3.63, 3.8) is 0 Å². The number of aliphatic hydroxyl groups excluding tert-OH is 2. The highest BCUT2D eigenvalue weighted by molar-refractivity contribution is 5.70. The molecule has 4 heteroatoms. The van der Waals surface area contributed by atoms with Crippen molar-refractivity contribution in [2.24, 2.45) is 5.73 Å². The first-order valence-electron chi connectivity index (χ1n) is 2.13. The number of hydrogen-bond donors (Lipinski definition) is 3. The SMILES string of the molecule is CC(N)=O.OCCO. The number of primary amides is 1. The van der Waals surface area contributed by atoms with E-state index >= 15 is 0 Å². The molecule has 4 N–H and O–H groups in total. The molecule has 0 atom stereocenters. The van der Waals surface area contributed by atoms with Crippen molar-refractivity contribution in [1.29, 1.82) is 0 Å². The zero-order valence-electron chi connectivity index (χ0n) is 4.79. The highest BCUT2D eigenvalue weighted by atomic mass is 16.3. The van der Waals surface area contributed by atoms with Crippen molar-refractivity contribution in [3.8, 4) is 0 Å². The third-order valence-electron chi connectivity index (χ3n) is 0.1000. The predicted molar refractivity (Wildman–Crippen MR) is 29.0 cm³/mol. The van der Waals surface area contributed by atoms with Crippen molar-refractivity contribution in [1.82, 2.24) is 0 Å². The van der Waals surface area contributed by atoms with Gasteiger partial charge in [0.1, 0.15) is 0 Å². The molecule has 0 aliphatic carbocycles. The molecule has 0 aromatic heterocycles. The average molecular weight is 121 g/mol. The normalized spacial score (nSPS) is 6.88. The van der Waals surface area contributed by atoms with Gasteiger partial charge >= 0.3 is 0 Å². The van der Waals surface area contributed by atoms with Crippen LogP contribution < -0.4 is 5.73 Å². The van der Waals surface area contributed by atoms with Gasteiger partial charge in [0.05, 0.1) is 13.2 Å². The van der Waals surface area contributed by atoms with E-state index in [4.69, 9.17) is 10.2 Å². The summed E-state index contributed by atoms with van der Waals surface area (Å²) in [5.74, 6) is -0.333. The third-order valence-corrected chi connectivity index (χ3v) is 0.1000. The second-order valence-electron chi connectivity index (χ2n) is 1.06. The second kappa shape index (κ2) is 9.63. The van der Waals surface area contributed by atoms with E-state index in [0.717, 1.165) is 0 Å². The van der Waals surface area contributed by atoms with Crippen LogP contribution in [0.25, 0.3) is 0 Å². The standard InChI is InChI=1S/C2H5NO.C2H6O2/c1-2(3)4;3-1-2-4/h1H3,(H2,3,4);3-4H,1-2H2. The van der Waals surface area contributed by atoms with Crippen LogP contribution in [0.3, 0.4) is 0 Å². The Bertz CT molecular complexity index is 49.2. The smallest absolute Gasteiger partial charge is 0.214 e. The summed E-state index contributed by atoms with van der Waals surface area (Å²) in [5, 5.41) is 15.2. The Morgan fingerprint density at radius 3 is 1.62 bits per heavy atom. The first-order valence-corrected chi connectivity index (χ1v) is 2.13. The summed E-state index contributed by atoms with van der Waals surface area (Å²) in [6.45, 7) is 1.06. The number of rotatable bonds is 1. The summed E-state index contributed by atoms with van der Waals surface area (Å²) >= 11 is 0. The molecule has 0 radical (unpaired) electrons. The fourth-order valence-corrected chi connectivity index (χ4v) is 0. The first kappa shape index (κ1) is 10.4. The quantitative estimate of drug-likeness (QED) is 0.393. The van der Waals surface area contributed by atoms with Crippen molar-refractivity contribution < 1.29 is 15.0 Å². The third kappa shape index (κ3) is 683. The van der Waals surface area contributed by atoms with E-state index < -0.39 is 0 Å². The molecule has 0 aromatic rings. The average Bonchev–Trinajstić information content (AvgIpc) is 1.65. The molecule has 1 amide bonds. The maximum atomic E-state index is 9.22. The minimum absolute atomic E-state index is 0.125. The lowest BCUT2D eigenvalue weighted by Crippen LogP contribution is -2.01. The number of carbonyl (C=O) groups is 1. The largest absolute Gasteiger partial charge is 0.394 e. The number of hydrogen-bond acceptors (Lipinski definition) is 3. The first-order chi connectivity index (χ1) is 3.65. The minimum atomic E-state index is -0.333. The Kier molecular flexibility index (Phi) is 12.5. The lowest BCUT2D eigenvalue weighted by molar-refractivity contribution is -0.115. The summed E-state index contributed by atoms with van der Waals surface area (Å²) in [5.41, 5.74) is 4.47. The molecule has 0 saturated carbocycles. The topological polar surface area (TPSA) is 83.6 Å². The Balaban J connectivity index is 0. The molecule has 0 aliphatic rings. The van der Waals surface area contributed by atoms with Gasteiger partial charge in [0.15, 0.2) is 0 Å². The molecule has 0 unspecified atom stereocenters. The molecule has 0 aromatic carbocycles. The number of nitrogens with two attached hydrogens (primary N) is 1. The van der Waals surface area contributed by atoms with Crippen LogP contribution in [-0.2, 0) is 4.79 Å². The van der Waals surface area contributed by atoms with Gasteiger partial charge in [0.25, 0.3) is 0 Å². The van der Waals surface area contributed by atoms with E-state index in [1.54, 1.807) is 0 Å². The van der Waals surface area contributed by atoms with Crippen LogP contribution in [0.15, 0.2) is 0 Å². The molecule has 4 nitrogen and oxygen atoms in total. The van der Waals surface area contributed by atoms with Gasteiger partial charge in [-0.3, -0.25) is 4.79 Å². The maximum absolute atomic E-state index is 9.22. The number of carbonyl (C=O) groups excluding carboxylic acids is 1. The summed E-state index contributed by atoms with van der Waals surface area (Å²) in [7, 11) is 0. The number of amides is 1. The van der Waals surface area contributed by atoms with Crippen LogP contribution in [0, 0.1) is 0 Å². The van der Waals surface area contributed by atoms with Crippen LogP contribution >= 0.6 is 0 Å². The molecule has 8 heavy (non-hydrogen) atoms. The van der Waals surface area contributed by atoms with Gasteiger partial charge in [-0.25, -0.2) is 0 Å². The maximum Gasteiger partial charge on any atom is 0.214 e. The molecule has 0 fully saturated rings. The monoisotopic (exact) mass is 121 g/mol. The molecule has 0 saturated heterocycles. The molecule has 0 heterocycles.